The molecule has 2 aromatic carbocycles. The number of nitrogens with zero attached hydrogens (tertiary/aromatic N) is 1. The highest BCUT2D eigenvalue weighted by Gasteiger charge is 2.29. The summed E-state index contributed by atoms with van der Waals surface area (Å²) in [7, 11) is -3.59. The Bertz CT molecular complexity index is 906. The van der Waals surface area contributed by atoms with Gasteiger partial charge in [0.15, 0.2) is 0 Å². The molecule has 0 unspecified atom stereocenters. The number of rotatable bonds is 8. The Morgan fingerprint density at radius 1 is 1.15 bits per heavy atom. The van der Waals surface area contributed by atoms with Crippen molar-refractivity contribution in [2.45, 2.75) is 50.6 Å². The number of sulfonamides is 1. The highest BCUT2D eigenvalue weighted by molar-refractivity contribution is 7.89. The molecule has 27 heavy (non-hydrogen) atoms. The molecule has 144 valence electrons. The fourth-order valence-corrected chi connectivity index (χ4v) is 4.31. The van der Waals surface area contributed by atoms with Gasteiger partial charge in [-0.25, -0.2) is 13.1 Å². The van der Waals surface area contributed by atoms with Crippen LogP contribution in [0.1, 0.15) is 47.7 Å². The summed E-state index contributed by atoms with van der Waals surface area (Å²) in [5, 5.41) is 0. The molecule has 1 saturated carbocycles. The molecule has 1 aliphatic carbocycles. The Kier molecular flexibility index (Phi) is 5.97. The molecule has 1 fully saturated rings. The normalized spacial score (nSPS) is 14.1. The number of amides is 1. The minimum Gasteiger partial charge on any atom is -0.334 e. The van der Waals surface area contributed by atoms with Crippen molar-refractivity contribution >= 4 is 15.9 Å². The summed E-state index contributed by atoms with van der Waals surface area (Å²) in [4.78, 5) is 15.1. The van der Waals surface area contributed by atoms with Gasteiger partial charge < -0.3 is 4.90 Å². The molecule has 5 nitrogen and oxygen atoms in total. The molecule has 0 saturated heterocycles. The van der Waals surface area contributed by atoms with E-state index in [0.29, 0.717) is 18.7 Å². The fraction of sp³-hybridized carbons (Fsp3) is 0.381. The molecular formula is C21H26N2O3S. The molecular weight excluding hydrogens is 360 g/mol. The van der Waals surface area contributed by atoms with E-state index in [1.807, 2.05) is 44.2 Å². The van der Waals surface area contributed by atoms with Crippen LogP contribution >= 0.6 is 0 Å². The van der Waals surface area contributed by atoms with Crippen molar-refractivity contribution in [2.24, 2.45) is 0 Å². The van der Waals surface area contributed by atoms with E-state index >= 15 is 0 Å². The van der Waals surface area contributed by atoms with Crippen molar-refractivity contribution in [2.75, 3.05) is 6.54 Å². The number of benzene rings is 2. The van der Waals surface area contributed by atoms with E-state index in [9.17, 15) is 13.2 Å². The molecule has 1 N–H and O–H groups in total. The smallest absolute Gasteiger partial charge is 0.254 e. The van der Waals surface area contributed by atoms with Crippen LogP contribution < -0.4 is 4.72 Å². The van der Waals surface area contributed by atoms with Crippen molar-refractivity contribution < 1.29 is 13.2 Å². The summed E-state index contributed by atoms with van der Waals surface area (Å²) in [6, 6.07) is 14.6. The summed E-state index contributed by atoms with van der Waals surface area (Å²) in [5.41, 5.74) is 2.27. The lowest BCUT2D eigenvalue weighted by molar-refractivity contribution is 0.0742. The second-order valence-corrected chi connectivity index (χ2v) is 8.80. The maximum absolute atomic E-state index is 13.2. The van der Waals surface area contributed by atoms with E-state index in [-0.39, 0.29) is 16.8 Å². The van der Waals surface area contributed by atoms with Crippen molar-refractivity contribution in [3.05, 3.63) is 65.2 Å². The second-order valence-electron chi connectivity index (χ2n) is 7.08. The van der Waals surface area contributed by atoms with Gasteiger partial charge in [0.25, 0.3) is 5.91 Å². The number of carbonyl (C=O) groups is 1. The first-order valence-corrected chi connectivity index (χ1v) is 10.8. The maximum Gasteiger partial charge on any atom is 0.254 e. The lowest BCUT2D eigenvalue weighted by Gasteiger charge is -2.23. The maximum atomic E-state index is 13.2. The minimum absolute atomic E-state index is 0.0325. The Morgan fingerprint density at radius 3 is 2.48 bits per heavy atom. The largest absolute Gasteiger partial charge is 0.334 e. The van der Waals surface area contributed by atoms with Crippen molar-refractivity contribution in [3.63, 3.8) is 0 Å². The Labute approximate surface area is 161 Å². The lowest BCUT2D eigenvalue weighted by atomic mass is 10.1. The van der Waals surface area contributed by atoms with Crippen LogP contribution in [0.2, 0.25) is 0 Å². The zero-order chi connectivity index (χ0) is 19.4. The number of aryl methyl sites for hydroxylation is 1. The van der Waals surface area contributed by atoms with Crippen LogP contribution in [0.25, 0.3) is 0 Å². The topological polar surface area (TPSA) is 66.5 Å². The van der Waals surface area contributed by atoms with Gasteiger partial charge >= 0.3 is 0 Å². The third-order valence-electron chi connectivity index (χ3n) is 4.65. The summed E-state index contributed by atoms with van der Waals surface area (Å²) in [6.45, 7) is 4.98. The Balaban J connectivity index is 1.87. The number of carbonyl (C=O) groups excluding carboxylic acids is 1. The SMILES string of the molecule is CCCN(Cc1ccccc1)C(=O)c1cc(S(=O)(=O)NC2CC2)ccc1C. The van der Waals surface area contributed by atoms with Crippen LogP contribution in [0.4, 0.5) is 0 Å². The van der Waals surface area contributed by atoms with E-state index in [0.717, 1.165) is 30.4 Å². The zero-order valence-corrected chi connectivity index (χ0v) is 16.6. The third kappa shape index (κ3) is 4.96. The van der Waals surface area contributed by atoms with Crippen LogP contribution in [-0.2, 0) is 16.6 Å². The first kappa shape index (κ1) is 19.6. The van der Waals surface area contributed by atoms with Gasteiger partial charge in [-0.1, -0.05) is 43.3 Å². The van der Waals surface area contributed by atoms with E-state index in [1.54, 1.807) is 17.0 Å². The first-order chi connectivity index (χ1) is 12.9. The van der Waals surface area contributed by atoms with Gasteiger partial charge in [0, 0.05) is 24.7 Å². The number of nitrogens with one attached hydrogen (secondary N) is 1. The van der Waals surface area contributed by atoms with Crippen LogP contribution in [-0.4, -0.2) is 31.8 Å². The molecule has 0 aromatic heterocycles. The number of hydrogen-bond acceptors (Lipinski definition) is 3. The van der Waals surface area contributed by atoms with Gasteiger partial charge in [0.05, 0.1) is 4.90 Å². The molecule has 0 spiro atoms. The van der Waals surface area contributed by atoms with E-state index in [4.69, 9.17) is 0 Å². The van der Waals surface area contributed by atoms with Gasteiger partial charge in [-0.05, 0) is 49.4 Å². The standard InChI is InChI=1S/C21H26N2O3S/c1-3-13-23(15-17-7-5-4-6-8-17)21(24)20-14-19(12-9-16(20)2)27(25,26)22-18-10-11-18/h4-9,12,14,18,22H,3,10-11,13,15H2,1-2H3. The molecule has 3 rings (SSSR count). The fourth-order valence-electron chi connectivity index (χ4n) is 2.98. The molecule has 2 aromatic rings. The van der Waals surface area contributed by atoms with Gasteiger partial charge in [0.1, 0.15) is 0 Å². The molecule has 0 aliphatic heterocycles. The van der Waals surface area contributed by atoms with Crippen LogP contribution in [0.5, 0.6) is 0 Å². The molecule has 6 heteroatoms. The quantitative estimate of drug-likeness (QED) is 0.755. The summed E-state index contributed by atoms with van der Waals surface area (Å²) in [6.07, 6.45) is 2.58. The predicted octanol–water partition coefficient (Wildman–Crippen LogP) is 3.49. The molecule has 1 amide bonds. The molecule has 0 heterocycles. The highest BCUT2D eigenvalue weighted by Crippen LogP contribution is 2.24. The number of hydrogen-bond donors (Lipinski definition) is 1. The zero-order valence-electron chi connectivity index (χ0n) is 15.8. The van der Waals surface area contributed by atoms with Gasteiger partial charge in [0.2, 0.25) is 10.0 Å². The van der Waals surface area contributed by atoms with E-state index < -0.39 is 10.0 Å². The van der Waals surface area contributed by atoms with Crippen molar-refractivity contribution in [1.82, 2.24) is 9.62 Å². The average Bonchev–Trinajstić information content (AvgIpc) is 3.45. The summed E-state index contributed by atoms with van der Waals surface area (Å²) < 4.78 is 27.7. The minimum atomic E-state index is -3.59. The highest BCUT2D eigenvalue weighted by atomic mass is 32.2. The van der Waals surface area contributed by atoms with E-state index in [2.05, 4.69) is 4.72 Å². The monoisotopic (exact) mass is 386 g/mol. The van der Waals surface area contributed by atoms with Crippen LogP contribution in [0.3, 0.4) is 0 Å². The lowest BCUT2D eigenvalue weighted by Crippen LogP contribution is -2.32. The average molecular weight is 387 g/mol. The first-order valence-electron chi connectivity index (χ1n) is 9.37. The van der Waals surface area contributed by atoms with E-state index in [1.165, 1.54) is 6.07 Å². The van der Waals surface area contributed by atoms with Gasteiger partial charge in [-0.3, -0.25) is 4.79 Å². The molecule has 0 bridgehead atoms. The molecule has 0 radical (unpaired) electrons. The summed E-state index contributed by atoms with van der Waals surface area (Å²) in [5.74, 6) is -0.137. The van der Waals surface area contributed by atoms with Crippen LogP contribution in [0.15, 0.2) is 53.4 Å². The van der Waals surface area contributed by atoms with Crippen molar-refractivity contribution in [1.29, 1.82) is 0 Å². The predicted molar refractivity (Wildman–Crippen MR) is 106 cm³/mol. The van der Waals surface area contributed by atoms with Gasteiger partial charge in [-0.15, -0.1) is 0 Å². The van der Waals surface area contributed by atoms with Crippen molar-refractivity contribution in [3.8, 4) is 0 Å². The third-order valence-corrected chi connectivity index (χ3v) is 6.16. The summed E-state index contributed by atoms with van der Waals surface area (Å²) >= 11 is 0. The van der Waals surface area contributed by atoms with Crippen LogP contribution in [0, 0.1) is 6.92 Å². The molecule has 1 aliphatic rings. The second kappa shape index (κ2) is 8.23. The Hall–Kier alpha value is -2.18. The van der Waals surface area contributed by atoms with Gasteiger partial charge in [-0.2, -0.15) is 0 Å². The molecule has 0 atom stereocenters. The Morgan fingerprint density at radius 2 is 1.85 bits per heavy atom.